The van der Waals surface area contributed by atoms with E-state index < -0.39 is 0 Å². The second-order valence-corrected chi connectivity index (χ2v) is 7.37. The lowest BCUT2D eigenvalue weighted by atomic mass is 10.0. The summed E-state index contributed by atoms with van der Waals surface area (Å²) in [6, 6.07) is 15.1. The molecule has 5 heteroatoms. The molecule has 0 bridgehead atoms. The number of benzene rings is 2. The molecule has 2 heterocycles. The van der Waals surface area contributed by atoms with Crippen molar-refractivity contribution in [2.45, 2.75) is 25.4 Å². The first kappa shape index (κ1) is 15.5. The van der Waals surface area contributed by atoms with Crippen molar-refractivity contribution in [1.82, 2.24) is 8.86 Å². The molecule has 3 nitrogen and oxygen atoms in total. The summed E-state index contributed by atoms with van der Waals surface area (Å²) in [5.74, 6) is -0.284. The van der Waals surface area contributed by atoms with Crippen LogP contribution in [-0.2, 0) is 6.54 Å². The first-order valence-corrected chi connectivity index (χ1v) is 9.05. The van der Waals surface area contributed by atoms with Gasteiger partial charge < -0.3 is 0 Å². The maximum atomic E-state index is 13.4. The van der Waals surface area contributed by atoms with Crippen molar-refractivity contribution in [3.63, 3.8) is 0 Å². The van der Waals surface area contributed by atoms with Gasteiger partial charge in [-0.3, -0.25) is 13.7 Å². The van der Waals surface area contributed by atoms with E-state index in [1.807, 2.05) is 10.0 Å². The van der Waals surface area contributed by atoms with E-state index in [4.69, 9.17) is 0 Å². The predicted octanol–water partition coefficient (Wildman–Crippen LogP) is 4.04. The van der Waals surface area contributed by atoms with Gasteiger partial charge in [0.2, 0.25) is 0 Å². The SMILES string of the molecule is O=c1c2ccc(F)cc2sn1C1CCN(Cc2ccccc2)CC1. The summed E-state index contributed by atoms with van der Waals surface area (Å²) in [7, 11) is 0. The van der Waals surface area contributed by atoms with E-state index in [-0.39, 0.29) is 17.4 Å². The maximum absolute atomic E-state index is 13.4. The molecule has 1 aliphatic heterocycles. The van der Waals surface area contributed by atoms with Gasteiger partial charge >= 0.3 is 0 Å². The highest BCUT2D eigenvalue weighted by Gasteiger charge is 2.23. The molecule has 24 heavy (non-hydrogen) atoms. The van der Waals surface area contributed by atoms with Crippen LogP contribution >= 0.6 is 11.5 Å². The summed E-state index contributed by atoms with van der Waals surface area (Å²) in [6.45, 7) is 2.92. The molecule has 124 valence electrons. The number of halogens is 1. The minimum Gasteiger partial charge on any atom is -0.299 e. The summed E-state index contributed by atoms with van der Waals surface area (Å²) in [4.78, 5) is 15.0. The Hall–Kier alpha value is -1.98. The van der Waals surface area contributed by atoms with E-state index >= 15 is 0 Å². The number of fused-ring (bicyclic) bond motifs is 1. The van der Waals surface area contributed by atoms with Crippen LogP contribution in [0.25, 0.3) is 10.1 Å². The molecule has 1 fully saturated rings. The standard InChI is InChI=1S/C19H19FN2OS/c20-15-6-7-17-18(12-15)24-22(19(17)23)16-8-10-21(11-9-16)13-14-4-2-1-3-5-14/h1-7,12,16H,8-11,13H2. The molecular weight excluding hydrogens is 323 g/mol. The lowest BCUT2D eigenvalue weighted by molar-refractivity contribution is 0.183. The zero-order valence-electron chi connectivity index (χ0n) is 13.3. The van der Waals surface area contributed by atoms with E-state index in [0.717, 1.165) is 37.2 Å². The molecule has 1 aromatic heterocycles. The maximum Gasteiger partial charge on any atom is 0.268 e. The summed E-state index contributed by atoms with van der Waals surface area (Å²) < 4.78 is 16.0. The van der Waals surface area contributed by atoms with Gasteiger partial charge in [-0.2, -0.15) is 0 Å². The van der Waals surface area contributed by atoms with Gasteiger partial charge in [0, 0.05) is 19.6 Å². The Morgan fingerprint density at radius 1 is 1.08 bits per heavy atom. The van der Waals surface area contributed by atoms with Crippen LogP contribution in [0.4, 0.5) is 4.39 Å². The molecular formula is C19H19FN2OS. The van der Waals surface area contributed by atoms with Gasteiger partial charge in [-0.25, -0.2) is 4.39 Å². The molecule has 0 saturated carbocycles. The van der Waals surface area contributed by atoms with Gasteiger partial charge in [0.1, 0.15) is 5.82 Å². The van der Waals surface area contributed by atoms with Gasteiger partial charge in [-0.1, -0.05) is 41.9 Å². The first-order valence-electron chi connectivity index (χ1n) is 8.28. The third kappa shape index (κ3) is 3.01. The van der Waals surface area contributed by atoms with Crippen molar-refractivity contribution in [1.29, 1.82) is 0 Å². The zero-order valence-corrected chi connectivity index (χ0v) is 14.1. The van der Waals surface area contributed by atoms with Crippen molar-refractivity contribution in [2.75, 3.05) is 13.1 Å². The van der Waals surface area contributed by atoms with Crippen molar-refractivity contribution in [2.24, 2.45) is 0 Å². The molecule has 0 unspecified atom stereocenters. The normalized spacial score (nSPS) is 16.7. The predicted molar refractivity (Wildman–Crippen MR) is 96.0 cm³/mol. The van der Waals surface area contributed by atoms with Crippen molar-refractivity contribution < 1.29 is 4.39 Å². The average Bonchev–Trinajstić information content (AvgIpc) is 2.92. The number of aromatic nitrogens is 1. The number of likely N-dealkylation sites (tertiary alicyclic amines) is 1. The average molecular weight is 342 g/mol. The Morgan fingerprint density at radius 2 is 1.83 bits per heavy atom. The van der Waals surface area contributed by atoms with E-state index in [1.54, 1.807) is 6.07 Å². The van der Waals surface area contributed by atoms with E-state index in [0.29, 0.717) is 5.39 Å². The lowest BCUT2D eigenvalue weighted by Crippen LogP contribution is -2.35. The minimum atomic E-state index is -0.284. The number of hydrogen-bond acceptors (Lipinski definition) is 3. The van der Waals surface area contributed by atoms with E-state index in [9.17, 15) is 9.18 Å². The first-order chi connectivity index (χ1) is 11.7. The molecule has 4 rings (SSSR count). The van der Waals surface area contributed by atoms with Gasteiger partial charge in [0.25, 0.3) is 5.56 Å². The second kappa shape index (κ2) is 6.49. The van der Waals surface area contributed by atoms with Crippen molar-refractivity contribution in [3.05, 3.63) is 70.3 Å². The largest absolute Gasteiger partial charge is 0.299 e. The molecule has 3 aromatic rings. The summed E-state index contributed by atoms with van der Waals surface area (Å²) in [5, 5.41) is 0.633. The number of hydrogen-bond donors (Lipinski definition) is 0. The van der Waals surface area contributed by atoms with Gasteiger partial charge in [-0.15, -0.1) is 0 Å². The van der Waals surface area contributed by atoms with Crippen LogP contribution in [0.3, 0.4) is 0 Å². The van der Waals surface area contributed by atoms with Gasteiger partial charge in [0.05, 0.1) is 16.1 Å². The van der Waals surface area contributed by atoms with Crippen LogP contribution in [0, 0.1) is 5.82 Å². The molecule has 0 spiro atoms. The van der Waals surface area contributed by atoms with Crippen LogP contribution in [0.2, 0.25) is 0 Å². The van der Waals surface area contributed by atoms with Crippen LogP contribution in [0.5, 0.6) is 0 Å². The fourth-order valence-corrected chi connectivity index (χ4v) is 4.58. The third-order valence-corrected chi connectivity index (χ3v) is 5.90. The smallest absolute Gasteiger partial charge is 0.268 e. The molecule has 0 atom stereocenters. The summed E-state index contributed by atoms with van der Waals surface area (Å²) >= 11 is 1.40. The number of nitrogens with zero attached hydrogens (tertiary/aromatic N) is 2. The molecule has 0 amide bonds. The third-order valence-electron chi connectivity index (χ3n) is 4.71. The fourth-order valence-electron chi connectivity index (χ4n) is 3.41. The van der Waals surface area contributed by atoms with Crippen LogP contribution in [0.15, 0.2) is 53.3 Å². The highest BCUT2D eigenvalue weighted by atomic mass is 32.1. The molecule has 1 saturated heterocycles. The van der Waals surface area contributed by atoms with Crippen LogP contribution < -0.4 is 5.56 Å². The summed E-state index contributed by atoms with van der Waals surface area (Å²) in [5.41, 5.74) is 1.35. The highest BCUT2D eigenvalue weighted by molar-refractivity contribution is 7.13. The zero-order chi connectivity index (χ0) is 16.5. The fraction of sp³-hybridized carbons (Fsp3) is 0.316. The van der Waals surface area contributed by atoms with Gasteiger partial charge in [-0.05, 0) is 36.6 Å². The quantitative estimate of drug-likeness (QED) is 0.718. The molecule has 0 N–H and O–H groups in total. The van der Waals surface area contributed by atoms with Crippen molar-refractivity contribution >= 4 is 21.6 Å². The Morgan fingerprint density at radius 3 is 2.58 bits per heavy atom. The Labute approximate surface area is 144 Å². The molecule has 0 radical (unpaired) electrons. The number of piperidine rings is 1. The van der Waals surface area contributed by atoms with Crippen molar-refractivity contribution in [3.8, 4) is 0 Å². The lowest BCUT2D eigenvalue weighted by Gasteiger charge is -2.31. The van der Waals surface area contributed by atoms with Crippen LogP contribution in [0.1, 0.15) is 24.4 Å². The van der Waals surface area contributed by atoms with Gasteiger partial charge in [0.15, 0.2) is 0 Å². The Bertz CT molecular complexity index is 895. The Kier molecular flexibility index (Phi) is 4.21. The molecule has 1 aliphatic rings. The summed E-state index contributed by atoms with van der Waals surface area (Å²) in [6.07, 6.45) is 1.92. The Balaban J connectivity index is 1.48. The monoisotopic (exact) mass is 342 g/mol. The highest BCUT2D eigenvalue weighted by Crippen LogP contribution is 2.27. The topological polar surface area (TPSA) is 25.2 Å². The van der Waals surface area contributed by atoms with E-state index in [1.165, 1.54) is 29.2 Å². The van der Waals surface area contributed by atoms with E-state index in [2.05, 4.69) is 29.2 Å². The molecule has 0 aliphatic carbocycles. The van der Waals surface area contributed by atoms with Crippen LogP contribution in [-0.4, -0.2) is 21.9 Å². The second-order valence-electron chi connectivity index (χ2n) is 6.36. The number of rotatable bonds is 3. The molecule has 2 aromatic carbocycles. The minimum absolute atomic E-state index is 0.0245.